The Labute approximate surface area is 108 Å². The monoisotopic (exact) mass is 252 g/mol. The molecule has 0 aromatic heterocycles. The summed E-state index contributed by atoms with van der Waals surface area (Å²) in [6.07, 6.45) is 0. The normalized spacial score (nSPS) is 14.3. The second kappa shape index (κ2) is 6.50. The third-order valence-electron chi connectivity index (χ3n) is 2.67. The molecule has 2 N–H and O–H groups in total. The van der Waals surface area contributed by atoms with Gasteiger partial charge < -0.3 is 5.32 Å². The molecule has 1 unspecified atom stereocenters. The number of carbonyl (C=O) groups excluding carboxylic acids is 1. The highest BCUT2D eigenvalue weighted by atomic mass is 19.1. The van der Waals surface area contributed by atoms with Crippen LogP contribution in [-0.4, -0.2) is 18.0 Å². The summed E-state index contributed by atoms with van der Waals surface area (Å²) in [5.41, 5.74) is 0.833. The number of nitrogens with one attached hydrogen (secondary N) is 2. The van der Waals surface area contributed by atoms with Crippen molar-refractivity contribution < 1.29 is 9.18 Å². The highest BCUT2D eigenvalue weighted by molar-refractivity contribution is 5.81. The van der Waals surface area contributed by atoms with Crippen molar-refractivity contribution in [2.45, 2.75) is 45.8 Å². The number of benzene rings is 1. The molecule has 4 heteroatoms. The third-order valence-corrected chi connectivity index (χ3v) is 2.67. The molecule has 0 heterocycles. The van der Waals surface area contributed by atoms with Crippen LogP contribution in [0.3, 0.4) is 0 Å². The van der Waals surface area contributed by atoms with Gasteiger partial charge in [0.15, 0.2) is 0 Å². The topological polar surface area (TPSA) is 41.1 Å². The molecule has 0 saturated heterocycles. The van der Waals surface area contributed by atoms with Crippen LogP contribution in [0, 0.1) is 5.82 Å². The molecule has 1 rings (SSSR count). The van der Waals surface area contributed by atoms with Gasteiger partial charge in [-0.25, -0.2) is 4.39 Å². The van der Waals surface area contributed by atoms with Gasteiger partial charge in [-0.2, -0.15) is 0 Å². The molecule has 18 heavy (non-hydrogen) atoms. The summed E-state index contributed by atoms with van der Waals surface area (Å²) >= 11 is 0. The van der Waals surface area contributed by atoms with Crippen molar-refractivity contribution in [2.75, 3.05) is 0 Å². The smallest absolute Gasteiger partial charge is 0.237 e. The van der Waals surface area contributed by atoms with Crippen molar-refractivity contribution in [2.24, 2.45) is 0 Å². The van der Waals surface area contributed by atoms with Crippen LogP contribution >= 0.6 is 0 Å². The molecule has 0 aliphatic heterocycles. The molecule has 1 aromatic rings. The van der Waals surface area contributed by atoms with E-state index < -0.39 is 0 Å². The molecule has 0 aliphatic rings. The fourth-order valence-electron chi connectivity index (χ4n) is 1.73. The first-order valence-corrected chi connectivity index (χ1v) is 6.22. The zero-order valence-electron chi connectivity index (χ0n) is 11.3. The van der Waals surface area contributed by atoms with Crippen molar-refractivity contribution in [3.8, 4) is 0 Å². The second-order valence-corrected chi connectivity index (χ2v) is 4.83. The fraction of sp³-hybridized carbons (Fsp3) is 0.500. The molecule has 1 aromatic carbocycles. The van der Waals surface area contributed by atoms with E-state index in [4.69, 9.17) is 0 Å². The molecule has 3 nitrogen and oxygen atoms in total. The van der Waals surface area contributed by atoms with Crippen LogP contribution in [0.4, 0.5) is 4.39 Å². The summed E-state index contributed by atoms with van der Waals surface area (Å²) < 4.78 is 13.1. The van der Waals surface area contributed by atoms with Gasteiger partial charge in [-0.05, 0) is 45.4 Å². The Morgan fingerprint density at radius 3 is 2.44 bits per heavy atom. The molecule has 100 valence electrons. The van der Waals surface area contributed by atoms with Crippen molar-refractivity contribution in [3.63, 3.8) is 0 Å². The van der Waals surface area contributed by atoms with E-state index in [0.717, 1.165) is 5.56 Å². The largest absolute Gasteiger partial charge is 0.353 e. The maximum absolute atomic E-state index is 13.1. The van der Waals surface area contributed by atoms with Gasteiger partial charge >= 0.3 is 0 Å². The fourth-order valence-corrected chi connectivity index (χ4v) is 1.73. The molecule has 0 saturated carbocycles. The summed E-state index contributed by atoms with van der Waals surface area (Å²) in [6.45, 7) is 7.54. The lowest BCUT2D eigenvalue weighted by molar-refractivity contribution is -0.123. The summed E-state index contributed by atoms with van der Waals surface area (Å²) in [5.74, 6) is -0.311. The van der Waals surface area contributed by atoms with Gasteiger partial charge in [0.2, 0.25) is 5.91 Å². The minimum atomic E-state index is -0.314. The van der Waals surface area contributed by atoms with Crippen LogP contribution in [0.2, 0.25) is 0 Å². The highest BCUT2D eigenvalue weighted by Gasteiger charge is 2.16. The minimum absolute atomic E-state index is 0.0479. The number of hydrogen-bond acceptors (Lipinski definition) is 2. The molecule has 0 spiro atoms. The molecule has 0 radical (unpaired) electrons. The number of rotatable bonds is 5. The Morgan fingerprint density at radius 2 is 1.89 bits per heavy atom. The zero-order valence-corrected chi connectivity index (χ0v) is 11.3. The van der Waals surface area contributed by atoms with E-state index in [0.29, 0.717) is 0 Å². The maximum Gasteiger partial charge on any atom is 0.237 e. The van der Waals surface area contributed by atoms with Crippen molar-refractivity contribution in [3.05, 3.63) is 35.6 Å². The van der Waals surface area contributed by atoms with Gasteiger partial charge in [0.25, 0.3) is 0 Å². The number of carbonyl (C=O) groups is 1. The first kappa shape index (κ1) is 14.6. The summed E-state index contributed by atoms with van der Waals surface area (Å²) in [4.78, 5) is 11.7. The standard InChI is InChI=1S/C14H21FN2O/c1-9(2)16-14(18)11(4)17-10(3)12-6-5-7-13(15)8-12/h5-11,17H,1-4H3,(H,16,18)/t10-,11?/m1/s1. The van der Waals surface area contributed by atoms with E-state index in [1.165, 1.54) is 12.1 Å². The molecule has 1 amide bonds. The van der Waals surface area contributed by atoms with Gasteiger partial charge in [0, 0.05) is 12.1 Å². The van der Waals surface area contributed by atoms with Gasteiger partial charge in [0.1, 0.15) is 5.82 Å². The Kier molecular flexibility index (Phi) is 5.28. The minimum Gasteiger partial charge on any atom is -0.353 e. The van der Waals surface area contributed by atoms with Crippen LogP contribution < -0.4 is 10.6 Å². The van der Waals surface area contributed by atoms with Crippen LogP contribution in [-0.2, 0) is 4.79 Å². The molecule has 2 atom stereocenters. The van der Waals surface area contributed by atoms with E-state index in [2.05, 4.69) is 10.6 Å². The average Bonchev–Trinajstić information content (AvgIpc) is 2.27. The first-order chi connectivity index (χ1) is 8.40. The lowest BCUT2D eigenvalue weighted by atomic mass is 10.1. The van der Waals surface area contributed by atoms with Crippen LogP contribution in [0.5, 0.6) is 0 Å². The first-order valence-electron chi connectivity index (χ1n) is 6.22. The predicted molar refractivity (Wildman–Crippen MR) is 70.7 cm³/mol. The van der Waals surface area contributed by atoms with Crippen molar-refractivity contribution >= 4 is 5.91 Å². The van der Waals surface area contributed by atoms with Crippen LogP contribution in [0.15, 0.2) is 24.3 Å². The Hall–Kier alpha value is -1.42. The van der Waals surface area contributed by atoms with E-state index in [1.54, 1.807) is 13.0 Å². The van der Waals surface area contributed by atoms with E-state index in [9.17, 15) is 9.18 Å². The van der Waals surface area contributed by atoms with Crippen molar-refractivity contribution in [1.82, 2.24) is 10.6 Å². The zero-order chi connectivity index (χ0) is 13.7. The second-order valence-electron chi connectivity index (χ2n) is 4.83. The molecular formula is C14H21FN2O. The summed E-state index contributed by atoms with van der Waals surface area (Å²) in [6, 6.07) is 6.12. The maximum atomic E-state index is 13.1. The van der Waals surface area contributed by atoms with E-state index >= 15 is 0 Å². The lowest BCUT2D eigenvalue weighted by Crippen LogP contribution is -2.45. The van der Waals surface area contributed by atoms with Gasteiger partial charge in [-0.15, -0.1) is 0 Å². The quantitative estimate of drug-likeness (QED) is 0.845. The molecule has 0 aliphatic carbocycles. The van der Waals surface area contributed by atoms with Crippen molar-refractivity contribution in [1.29, 1.82) is 0 Å². The predicted octanol–water partition coefficient (Wildman–Crippen LogP) is 2.39. The van der Waals surface area contributed by atoms with Crippen LogP contribution in [0.25, 0.3) is 0 Å². The Morgan fingerprint density at radius 1 is 1.22 bits per heavy atom. The molecule has 0 fully saturated rings. The highest BCUT2D eigenvalue weighted by Crippen LogP contribution is 2.14. The van der Waals surface area contributed by atoms with E-state index in [1.807, 2.05) is 26.8 Å². The Balaban J connectivity index is 2.59. The van der Waals surface area contributed by atoms with Gasteiger partial charge in [-0.1, -0.05) is 12.1 Å². The molecular weight excluding hydrogens is 231 g/mol. The van der Waals surface area contributed by atoms with Crippen LogP contribution in [0.1, 0.15) is 39.3 Å². The number of amides is 1. The summed E-state index contributed by atoms with van der Waals surface area (Å²) in [5, 5.41) is 5.98. The summed E-state index contributed by atoms with van der Waals surface area (Å²) in [7, 11) is 0. The van der Waals surface area contributed by atoms with Gasteiger partial charge in [-0.3, -0.25) is 10.1 Å². The third kappa shape index (κ3) is 4.45. The average molecular weight is 252 g/mol. The SMILES string of the molecule is CC(C)NC(=O)C(C)N[C@H](C)c1cccc(F)c1. The Bertz CT molecular complexity index is 407. The number of hydrogen-bond donors (Lipinski definition) is 2. The lowest BCUT2D eigenvalue weighted by Gasteiger charge is -2.21. The van der Waals surface area contributed by atoms with Gasteiger partial charge in [0.05, 0.1) is 6.04 Å². The number of halogens is 1. The molecule has 0 bridgehead atoms. The van der Waals surface area contributed by atoms with E-state index in [-0.39, 0.29) is 29.8 Å².